The molecule has 6 heteroatoms. The Morgan fingerprint density at radius 2 is 2.14 bits per heavy atom. The summed E-state index contributed by atoms with van der Waals surface area (Å²) < 4.78 is 1.72. The maximum Gasteiger partial charge on any atom is 0.326 e. The number of carboxylic acid groups (broad SMARTS) is 1. The van der Waals surface area contributed by atoms with Gasteiger partial charge in [0.05, 0.1) is 6.20 Å². The van der Waals surface area contributed by atoms with Gasteiger partial charge in [-0.3, -0.25) is 9.48 Å². The number of fused-ring (bicyclic) bond motifs is 1. The van der Waals surface area contributed by atoms with Crippen molar-refractivity contribution in [2.45, 2.75) is 57.0 Å². The Hall–Kier alpha value is -1.85. The van der Waals surface area contributed by atoms with Crippen LogP contribution in [0.4, 0.5) is 0 Å². The molecular weight excluding hydrogens is 282 g/mol. The van der Waals surface area contributed by atoms with Crippen LogP contribution in [0.15, 0.2) is 12.4 Å². The lowest BCUT2D eigenvalue weighted by Crippen LogP contribution is -2.46. The van der Waals surface area contributed by atoms with Crippen LogP contribution in [0.5, 0.6) is 0 Å². The highest BCUT2D eigenvalue weighted by atomic mass is 16.4. The first-order chi connectivity index (χ1) is 10.6. The molecule has 1 N–H and O–H groups in total. The van der Waals surface area contributed by atoms with Crippen LogP contribution >= 0.6 is 0 Å². The molecule has 0 spiro atoms. The molecule has 2 heterocycles. The molecular formula is C16H23N3O3. The van der Waals surface area contributed by atoms with Gasteiger partial charge < -0.3 is 10.0 Å². The molecule has 1 saturated carbocycles. The lowest BCUT2D eigenvalue weighted by Gasteiger charge is -2.33. The maximum atomic E-state index is 12.6. The van der Waals surface area contributed by atoms with Crippen molar-refractivity contribution in [1.29, 1.82) is 0 Å². The van der Waals surface area contributed by atoms with Crippen LogP contribution in [0.2, 0.25) is 0 Å². The summed E-state index contributed by atoms with van der Waals surface area (Å²) in [5.74, 6) is -0.507. The fourth-order valence-corrected chi connectivity index (χ4v) is 4.02. The van der Waals surface area contributed by atoms with E-state index in [0.717, 1.165) is 31.2 Å². The summed E-state index contributed by atoms with van der Waals surface area (Å²) in [5, 5.41) is 13.6. The molecule has 2 fully saturated rings. The molecule has 1 saturated heterocycles. The van der Waals surface area contributed by atoms with Gasteiger partial charge in [0.15, 0.2) is 0 Å². The molecule has 3 rings (SSSR count). The standard InChI is InChI=1S/C16H23N3O3/c1-18-10-11(9-17-18)6-7-15(20)19-13-5-3-2-4-12(13)8-14(19)16(21)22/h9-10,12-14H,2-8H2,1H3,(H,21,22)/t12-,13-,14+/m1/s1. The number of hydrogen-bond acceptors (Lipinski definition) is 3. The van der Waals surface area contributed by atoms with Crippen LogP contribution in [0.1, 0.15) is 44.1 Å². The van der Waals surface area contributed by atoms with Crippen LogP contribution in [-0.4, -0.2) is 43.7 Å². The Balaban J connectivity index is 1.69. The van der Waals surface area contributed by atoms with E-state index in [4.69, 9.17) is 0 Å². The van der Waals surface area contributed by atoms with Crippen molar-refractivity contribution in [1.82, 2.24) is 14.7 Å². The van der Waals surface area contributed by atoms with Crippen molar-refractivity contribution in [2.24, 2.45) is 13.0 Å². The second-order valence-corrected chi connectivity index (χ2v) is 6.52. The lowest BCUT2D eigenvalue weighted by molar-refractivity contribution is -0.149. The number of aryl methyl sites for hydroxylation is 2. The van der Waals surface area contributed by atoms with E-state index in [1.54, 1.807) is 15.8 Å². The van der Waals surface area contributed by atoms with Gasteiger partial charge in [-0.15, -0.1) is 0 Å². The number of carboxylic acids is 1. The number of aromatic nitrogens is 2. The van der Waals surface area contributed by atoms with Crippen molar-refractivity contribution in [2.75, 3.05) is 0 Å². The summed E-state index contributed by atoms with van der Waals surface area (Å²) in [6, 6.07) is -0.495. The zero-order valence-corrected chi connectivity index (χ0v) is 12.9. The Morgan fingerprint density at radius 3 is 2.82 bits per heavy atom. The van der Waals surface area contributed by atoms with Crippen LogP contribution in [0.3, 0.4) is 0 Å². The molecule has 22 heavy (non-hydrogen) atoms. The number of carbonyl (C=O) groups is 2. The van der Waals surface area contributed by atoms with Crippen molar-refractivity contribution in [3.05, 3.63) is 18.0 Å². The lowest BCUT2D eigenvalue weighted by atomic mass is 9.84. The maximum absolute atomic E-state index is 12.6. The molecule has 1 amide bonds. The quantitative estimate of drug-likeness (QED) is 0.916. The predicted molar refractivity (Wildman–Crippen MR) is 80.2 cm³/mol. The summed E-state index contributed by atoms with van der Waals surface area (Å²) in [6.07, 6.45) is 9.52. The van der Waals surface area contributed by atoms with Gasteiger partial charge >= 0.3 is 5.97 Å². The normalized spacial score (nSPS) is 27.7. The third kappa shape index (κ3) is 2.87. The van der Waals surface area contributed by atoms with Gasteiger partial charge in [-0.05, 0) is 37.2 Å². The Kier molecular flexibility index (Phi) is 4.18. The molecule has 120 valence electrons. The van der Waals surface area contributed by atoms with Gasteiger partial charge in [0.2, 0.25) is 5.91 Å². The molecule has 0 aromatic carbocycles. The molecule has 1 aromatic rings. The first-order valence-corrected chi connectivity index (χ1v) is 8.07. The molecule has 0 bridgehead atoms. The van der Waals surface area contributed by atoms with Gasteiger partial charge in [0.1, 0.15) is 6.04 Å². The summed E-state index contributed by atoms with van der Waals surface area (Å²) in [5.41, 5.74) is 1.02. The predicted octanol–water partition coefficient (Wildman–Crippen LogP) is 1.60. The van der Waals surface area contributed by atoms with Crippen LogP contribution in [-0.2, 0) is 23.1 Å². The highest BCUT2D eigenvalue weighted by molar-refractivity contribution is 5.85. The first kappa shape index (κ1) is 15.1. The molecule has 3 atom stereocenters. The van der Waals surface area contributed by atoms with E-state index >= 15 is 0 Å². The van der Waals surface area contributed by atoms with Gasteiger partial charge in [-0.1, -0.05) is 12.8 Å². The van der Waals surface area contributed by atoms with E-state index in [0.29, 0.717) is 25.2 Å². The fraction of sp³-hybridized carbons (Fsp3) is 0.688. The largest absolute Gasteiger partial charge is 0.480 e. The number of nitrogens with zero attached hydrogens (tertiary/aromatic N) is 3. The zero-order chi connectivity index (χ0) is 15.7. The summed E-state index contributed by atoms with van der Waals surface area (Å²) in [7, 11) is 1.85. The zero-order valence-electron chi connectivity index (χ0n) is 12.9. The smallest absolute Gasteiger partial charge is 0.326 e. The molecule has 0 unspecified atom stereocenters. The van der Waals surface area contributed by atoms with E-state index in [9.17, 15) is 14.7 Å². The van der Waals surface area contributed by atoms with Crippen LogP contribution in [0.25, 0.3) is 0 Å². The second-order valence-electron chi connectivity index (χ2n) is 6.52. The van der Waals surface area contributed by atoms with E-state index < -0.39 is 12.0 Å². The minimum atomic E-state index is -0.857. The van der Waals surface area contributed by atoms with E-state index in [1.165, 1.54) is 0 Å². The van der Waals surface area contributed by atoms with E-state index in [2.05, 4.69) is 5.10 Å². The topological polar surface area (TPSA) is 75.4 Å². The Labute approximate surface area is 130 Å². The third-order valence-corrected chi connectivity index (χ3v) is 5.05. The summed E-state index contributed by atoms with van der Waals surface area (Å²) in [4.78, 5) is 25.8. The number of rotatable bonds is 4. The summed E-state index contributed by atoms with van der Waals surface area (Å²) in [6.45, 7) is 0. The van der Waals surface area contributed by atoms with Gasteiger partial charge in [-0.25, -0.2) is 4.79 Å². The van der Waals surface area contributed by atoms with Crippen molar-refractivity contribution >= 4 is 11.9 Å². The van der Waals surface area contributed by atoms with Gasteiger partial charge in [0, 0.05) is 25.7 Å². The monoisotopic (exact) mass is 305 g/mol. The Bertz CT molecular complexity index is 569. The van der Waals surface area contributed by atoms with Crippen molar-refractivity contribution in [3.8, 4) is 0 Å². The van der Waals surface area contributed by atoms with Gasteiger partial charge in [0.25, 0.3) is 0 Å². The number of carbonyl (C=O) groups excluding carboxylic acids is 1. The SMILES string of the molecule is Cn1cc(CCC(=O)N2[C@@H]3CCCC[C@@H]3C[C@H]2C(=O)O)cn1. The minimum absolute atomic E-state index is 0.0225. The molecule has 6 nitrogen and oxygen atoms in total. The van der Waals surface area contributed by atoms with Crippen molar-refractivity contribution < 1.29 is 14.7 Å². The molecule has 1 aromatic heterocycles. The van der Waals surface area contributed by atoms with Crippen LogP contribution < -0.4 is 0 Å². The van der Waals surface area contributed by atoms with E-state index in [-0.39, 0.29) is 11.9 Å². The van der Waals surface area contributed by atoms with Crippen LogP contribution in [0, 0.1) is 5.92 Å². The number of hydrogen-bond donors (Lipinski definition) is 1. The average Bonchev–Trinajstić information content (AvgIpc) is 3.08. The number of aliphatic carboxylic acids is 1. The average molecular weight is 305 g/mol. The molecule has 2 aliphatic rings. The van der Waals surface area contributed by atoms with Gasteiger partial charge in [-0.2, -0.15) is 5.10 Å². The fourth-order valence-electron chi connectivity index (χ4n) is 4.02. The van der Waals surface area contributed by atoms with Crippen molar-refractivity contribution in [3.63, 3.8) is 0 Å². The first-order valence-electron chi connectivity index (χ1n) is 8.07. The molecule has 1 aliphatic carbocycles. The number of amides is 1. The highest BCUT2D eigenvalue weighted by Gasteiger charge is 2.47. The minimum Gasteiger partial charge on any atom is -0.480 e. The number of likely N-dealkylation sites (tertiary alicyclic amines) is 1. The molecule has 1 aliphatic heterocycles. The summed E-state index contributed by atoms with van der Waals surface area (Å²) >= 11 is 0. The highest BCUT2D eigenvalue weighted by Crippen LogP contribution is 2.40. The molecule has 0 radical (unpaired) electrons. The van der Waals surface area contributed by atoms with E-state index in [1.807, 2.05) is 13.2 Å². The third-order valence-electron chi connectivity index (χ3n) is 5.05. The second kappa shape index (κ2) is 6.10. The Morgan fingerprint density at radius 1 is 1.36 bits per heavy atom.